The number of carbonyl (C=O) groups is 2. The predicted molar refractivity (Wildman–Crippen MR) is 72.5 cm³/mol. The van der Waals surface area contributed by atoms with Crippen molar-refractivity contribution in [2.45, 2.75) is 57.1 Å². The van der Waals surface area contributed by atoms with E-state index in [1.54, 1.807) is 0 Å². The smallest absolute Gasteiger partial charge is 0.311 e. The first-order chi connectivity index (χ1) is 9.15. The summed E-state index contributed by atoms with van der Waals surface area (Å²) in [5.74, 6) is -1.49. The largest absolute Gasteiger partial charge is 0.481 e. The molecule has 6 nitrogen and oxygen atoms in total. The maximum Gasteiger partial charge on any atom is 0.311 e. The number of carbonyl (C=O) groups excluding carboxylic acids is 1. The van der Waals surface area contributed by atoms with Crippen molar-refractivity contribution in [3.05, 3.63) is 0 Å². The molecular weight excluding hydrogens is 282 g/mol. The second kappa shape index (κ2) is 4.72. The molecule has 2 aliphatic rings. The van der Waals surface area contributed by atoms with Crippen LogP contribution in [0.2, 0.25) is 0 Å². The summed E-state index contributed by atoms with van der Waals surface area (Å²) in [6, 6.07) is 0. The second-order valence-electron chi connectivity index (χ2n) is 6.33. The fourth-order valence-corrected chi connectivity index (χ4v) is 4.65. The molecule has 1 aliphatic heterocycles. The normalized spacial score (nSPS) is 27.5. The van der Waals surface area contributed by atoms with Gasteiger partial charge in [-0.05, 0) is 26.7 Å². The minimum Gasteiger partial charge on any atom is -0.481 e. The number of amides is 1. The van der Waals surface area contributed by atoms with Crippen molar-refractivity contribution in [1.82, 2.24) is 4.31 Å². The molecule has 0 unspecified atom stereocenters. The molecule has 1 saturated carbocycles. The Kier molecular flexibility index (Phi) is 3.60. The topological polar surface area (TPSA) is 91.8 Å². The van der Waals surface area contributed by atoms with E-state index in [1.807, 2.05) is 0 Å². The van der Waals surface area contributed by atoms with E-state index in [0.717, 1.165) is 30.0 Å². The molecule has 0 aromatic carbocycles. The fraction of sp³-hybridized carbons (Fsp3) is 0.846. The van der Waals surface area contributed by atoms with E-state index in [4.69, 9.17) is 0 Å². The summed E-state index contributed by atoms with van der Waals surface area (Å²) < 4.78 is 23.6. The number of hydrogen-bond acceptors (Lipinski definition) is 4. The number of hydrogen-bond donors (Lipinski definition) is 1. The lowest BCUT2D eigenvalue weighted by molar-refractivity contribution is -0.152. The Labute approximate surface area is 119 Å². The SMILES string of the molecule is CC1(C)C(=O)N(CC2(C(=O)O)CCCCCC2)S1(=O)=O. The van der Waals surface area contributed by atoms with Gasteiger partial charge in [0.2, 0.25) is 0 Å². The Balaban J connectivity index is 2.27. The molecule has 20 heavy (non-hydrogen) atoms. The minimum atomic E-state index is -3.71. The average molecular weight is 303 g/mol. The van der Waals surface area contributed by atoms with Crippen molar-refractivity contribution in [2.24, 2.45) is 5.41 Å². The highest BCUT2D eigenvalue weighted by atomic mass is 32.2. The van der Waals surface area contributed by atoms with Crippen LogP contribution in [0.4, 0.5) is 0 Å². The summed E-state index contributed by atoms with van der Waals surface area (Å²) in [4.78, 5) is 23.6. The van der Waals surface area contributed by atoms with Crippen LogP contribution in [0.15, 0.2) is 0 Å². The first-order valence-corrected chi connectivity index (χ1v) is 8.39. The molecule has 114 valence electrons. The van der Waals surface area contributed by atoms with Gasteiger partial charge in [0.15, 0.2) is 4.75 Å². The van der Waals surface area contributed by atoms with E-state index in [1.165, 1.54) is 13.8 Å². The Morgan fingerprint density at radius 2 is 1.70 bits per heavy atom. The monoisotopic (exact) mass is 303 g/mol. The van der Waals surface area contributed by atoms with Crippen LogP contribution in [-0.2, 0) is 19.6 Å². The Bertz CT molecular complexity index is 529. The molecule has 1 saturated heterocycles. The molecular formula is C13H21NO5S. The van der Waals surface area contributed by atoms with Crippen LogP contribution in [0.5, 0.6) is 0 Å². The molecule has 0 aromatic rings. The van der Waals surface area contributed by atoms with Gasteiger partial charge in [0, 0.05) is 0 Å². The molecule has 0 aromatic heterocycles. The number of aliphatic carboxylic acids is 1. The molecule has 0 spiro atoms. The maximum atomic E-state index is 12.1. The van der Waals surface area contributed by atoms with Gasteiger partial charge in [0.25, 0.3) is 15.9 Å². The Hall–Kier alpha value is -1.11. The fourth-order valence-electron chi connectivity index (χ4n) is 3.03. The summed E-state index contributed by atoms with van der Waals surface area (Å²) in [6.07, 6.45) is 4.31. The Morgan fingerprint density at radius 3 is 2.10 bits per heavy atom. The van der Waals surface area contributed by atoms with Gasteiger partial charge in [-0.15, -0.1) is 0 Å². The summed E-state index contributed by atoms with van der Waals surface area (Å²) >= 11 is 0. The van der Waals surface area contributed by atoms with Crippen LogP contribution < -0.4 is 0 Å². The zero-order valence-electron chi connectivity index (χ0n) is 11.9. The molecule has 0 radical (unpaired) electrons. The first-order valence-electron chi connectivity index (χ1n) is 6.95. The van der Waals surface area contributed by atoms with Crippen molar-refractivity contribution >= 4 is 21.9 Å². The minimum absolute atomic E-state index is 0.215. The van der Waals surface area contributed by atoms with Gasteiger partial charge >= 0.3 is 5.97 Å². The molecule has 7 heteroatoms. The summed E-state index contributed by atoms with van der Waals surface area (Å²) in [6.45, 7) is 2.51. The van der Waals surface area contributed by atoms with E-state index in [-0.39, 0.29) is 6.54 Å². The van der Waals surface area contributed by atoms with Crippen molar-refractivity contribution in [1.29, 1.82) is 0 Å². The summed E-state index contributed by atoms with van der Waals surface area (Å²) in [5.41, 5.74) is -1.12. The molecule has 1 aliphatic carbocycles. The first kappa shape index (κ1) is 15.3. The highest BCUT2D eigenvalue weighted by Gasteiger charge is 2.62. The predicted octanol–water partition coefficient (Wildman–Crippen LogP) is 1.36. The quantitative estimate of drug-likeness (QED) is 0.795. The molecule has 0 atom stereocenters. The summed E-state index contributed by atoms with van der Waals surface area (Å²) in [5, 5.41) is 9.54. The molecule has 0 bridgehead atoms. The van der Waals surface area contributed by atoms with Gasteiger partial charge in [-0.3, -0.25) is 9.59 Å². The van der Waals surface area contributed by atoms with Crippen molar-refractivity contribution in [3.8, 4) is 0 Å². The van der Waals surface area contributed by atoms with Crippen molar-refractivity contribution in [3.63, 3.8) is 0 Å². The molecule has 1 amide bonds. The van der Waals surface area contributed by atoms with Crippen LogP contribution in [-0.4, -0.2) is 41.0 Å². The van der Waals surface area contributed by atoms with Gasteiger partial charge in [0.05, 0.1) is 12.0 Å². The van der Waals surface area contributed by atoms with E-state index in [2.05, 4.69) is 0 Å². The van der Waals surface area contributed by atoms with Gasteiger partial charge < -0.3 is 5.11 Å². The van der Waals surface area contributed by atoms with Gasteiger partial charge in [-0.2, -0.15) is 0 Å². The standard InChI is InChI=1S/C13H21NO5S/c1-12(2)10(15)14(20(12,18)19)9-13(11(16)17)7-5-3-4-6-8-13/h3-9H2,1-2H3,(H,16,17). The van der Waals surface area contributed by atoms with E-state index in [9.17, 15) is 23.1 Å². The average Bonchev–Trinajstić information content (AvgIpc) is 2.61. The lowest BCUT2D eigenvalue weighted by Gasteiger charge is -2.46. The van der Waals surface area contributed by atoms with Crippen LogP contribution in [0.25, 0.3) is 0 Å². The Morgan fingerprint density at radius 1 is 1.20 bits per heavy atom. The van der Waals surface area contributed by atoms with Crippen molar-refractivity contribution in [2.75, 3.05) is 6.54 Å². The van der Waals surface area contributed by atoms with E-state index < -0.39 is 32.1 Å². The third kappa shape index (κ3) is 2.03. The number of carboxylic acids is 1. The molecule has 1 heterocycles. The molecule has 2 rings (SSSR count). The maximum absolute atomic E-state index is 12.1. The van der Waals surface area contributed by atoms with E-state index >= 15 is 0 Å². The van der Waals surface area contributed by atoms with Crippen LogP contribution >= 0.6 is 0 Å². The molecule has 2 fully saturated rings. The number of sulfonamides is 1. The number of nitrogens with zero attached hydrogens (tertiary/aromatic N) is 1. The number of rotatable bonds is 3. The van der Waals surface area contributed by atoms with E-state index in [0.29, 0.717) is 12.8 Å². The van der Waals surface area contributed by atoms with Crippen molar-refractivity contribution < 1.29 is 23.1 Å². The van der Waals surface area contributed by atoms with Crippen LogP contribution in [0.1, 0.15) is 52.4 Å². The third-order valence-corrected chi connectivity index (χ3v) is 6.98. The van der Waals surface area contributed by atoms with Crippen LogP contribution in [0.3, 0.4) is 0 Å². The lowest BCUT2D eigenvalue weighted by atomic mass is 9.80. The highest BCUT2D eigenvalue weighted by Crippen LogP contribution is 2.42. The van der Waals surface area contributed by atoms with Gasteiger partial charge in [0.1, 0.15) is 0 Å². The van der Waals surface area contributed by atoms with Gasteiger partial charge in [-0.25, -0.2) is 12.7 Å². The zero-order chi connectivity index (χ0) is 15.2. The lowest BCUT2D eigenvalue weighted by Crippen LogP contribution is -2.69. The summed E-state index contributed by atoms with van der Waals surface area (Å²) in [7, 11) is -3.71. The third-order valence-electron chi connectivity index (χ3n) is 4.64. The number of carboxylic acid groups (broad SMARTS) is 1. The zero-order valence-corrected chi connectivity index (χ0v) is 12.7. The van der Waals surface area contributed by atoms with Gasteiger partial charge in [-0.1, -0.05) is 25.7 Å². The molecule has 1 N–H and O–H groups in total. The second-order valence-corrected chi connectivity index (χ2v) is 8.74. The van der Waals surface area contributed by atoms with Crippen LogP contribution in [0, 0.1) is 5.41 Å². The highest BCUT2D eigenvalue weighted by molar-refractivity contribution is 7.94.